The Bertz CT molecular complexity index is 882. The molecular weight excluding hydrogens is 366 g/mol. The van der Waals surface area contributed by atoms with Crippen LogP contribution in [-0.2, 0) is 0 Å². The molecule has 0 aliphatic heterocycles. The molecule has 1 N–H and O–H groups in total. The van der Waals surface area contributed by atoms with Crippen molar-refractivity contribution in [1.82, 2.24) is 4.98 Å². The van der Waals surface area contributed by atoms with Crippen LogP contribution >= 0.6 is 0 Å². The summed E-state index contributed by atoms with van der Waals surface area (Å²) in [6.45, 7) is 19.5. The smallest absolute Gasteiger partial charge is 0.131 e. The summed E-state index contributed by atoms with van der Waals surface area (Å²) in [6.07, 6.45) is 7.99. The molecule has 154 valence electrons. The van der Waals surface area contributed by atoms with Crippen LogP contribution in [0.3, 0.4) is 0 Å². The lowest BCUT2D eigenvalue weighted by molar-refractivity contribution is 0.508. The molecule has 1 aliphatic rings. The Kier molecular flexibility index (Phi) is 7.62. The molecular formula is C27H37NSi. The minimum absolute atomic E-state index is 0.149. The van der Waals surface area contributed by atoms with E-state index in [1.165, 1.54) is 27.8 Å². The predicted molar refractivity (Wildman–Crippen MR) is 134 cm³/mol. The highest BCUT2D eigenvalue weighted by Gasteiger charge is 2.40. The Balaban J connectivity index is 0.000000537. The number of hydrogen-bond donors (Lipinski definition) is 1. The Morgan fingerprint density at radius 3 is 2.17 bits per heavy atom. The Hall–Kier alpha value is -2.16. The zero-order chi connectivity index (χ0) is 21.7. The van der Waals surface area contributed by atoms with Gasteiger partial charge in [0.05, 0.1) is 0 Å². The highest BCUT2D eigenvalue weighted by Crippen LogP contribution is 2.44. The molecule has 0 fully saturated rings. The second kappa shape index (κ2) is 9.56. The Labute approximate surface area is 179 Å². The normalized spacial score (nSPS) is 16.1. The average molecular weight is 404 g/mol. The topological polar surface area (TPSA) is 12.0 Å². The van der Waals surface area contributed by atoms with Crippen molar-refractivity contribution in [3.63, 3.8) is 0 Å². The van der Waals surface area contributed by atoms with E-state index >= 15 is 0 Å². The molecule has 2 heteroatoms. The van der Waals surface area contributed by atoms with Crippen molar-refractivity contribution in [2.24, 2.45) is 0 Å². The van der Waals surface area contributed by atoms with Crippen LogP contribution in [0.2, 0.25) is 13.1 Å². The highest BCUT2D eigenvalue weighted by atomic mass is 28.3. The van der Waals surface area contributed by atoms with Gasteiger partial charge < -0.3 is 4.98 Å². The SMILES string of the molecule is C=CC=CC.CC1=Cc2c(-c3ccccc3)cccc2C1[Si](C)(C)NC(C)(C)C. The number of rotatable bonds is 4. The van der Waals surface area contributed by atoms with Crippen LogP contribution < -0.4 is 4.98 Å². The molecule has 0 spiro atoms. The van der Waals surface area contributed by atoms with E-state index in [-0.39, 0.29) is 5.54 Å². The summed E-state index contributed by atoms with van der Waals surface area (Å²) in [4.78, 5) is 3.97. The molecule has 0 amide bonds. The van der Waals surface area contributed by atoms with Gasteiger partial charge in [0, 0.05) is 11.1 Å². The van der Waals surface area contributed by atoms with Gasteiger partial charge in [-0.15, -0.1) is 0 Å². The van der Waals surface area contributed by atoms with Gasteiger partial charge in [-0.05, 0) is 56.9 Å². The second-order valence-corrected chi connectivity index (χ2v) is 13.6. The van der Waals surface area contributed by atoms with Crippen molar-refractivity contribution in [1.29, 1.82) is 0 Å². The molecule has 0 saturated carbocycles. The molecule has 0 saturated heterocycles. The van der Waals surface area contributed by atoms with Gasteiger partial charge in [-0.3, -0.25) is 0 Å². The van der Waals surface area contributed by atoms with E-state index in [0.717, 1.165) is 0 Å². The van der Waals surface area contributed by atoms with Crippen LogP contribution in [0.1, 0.15) is 51.3 Å². The first kappa shape index (κ1) is 23.1. The van der Waals surface area contributed by atoms with Gasteiger partial charge in [0.1, 0.15) is 8.24 Å². The fraction of sp³-hybridized carbons (Fsp3) is 0.333. The lowest BCUT2D eigenvalue weighted by Crippen LogP contribution is -2.58. The van der Waals surface area contributed by atoms with Crippen LogP contribution in [-0.4, -0.2) is 13.8 Å². The molecule has 0 aromatic heterocycles. The summed E-state index contributed by atoms with van der Waals surface area (Å²) in [5.74, 6) is 0. The largest absolute Gasteiger partial charge is 0.332 e. The van der Waals surface area contributed by atoms with Crippen molar-refractivity contribution in [2.45, 2.75) is 58.8 Å². The van der Waals surface area contributed by atoms with Gasteiger partial charge in [-0.1, -0.05) is 98.1 Å². The average Bonchev–Trinajstić information content (AvgIpc) is 2.98. The second-order valence-electron chi connectivity index (χ2n) is 9.35. The van der Waals surface area contributed by atoms with E-state index in [9.17, 15) is 0 Å². The third-order valence-corrected chi connectivity index (χ3v) is 8.71. The van der Waals surface area contributed by atoms with E-state index in [1.54, 1.807) is 6.08 Å². The van der Waals surface area contributed by atoms with Crippen molar-refractivity contribution >= 4 is 14.3 Å². The van der Waals surface area contributed by atoms with Gasteiger partial charge in [-0.25, -0.2) is 0 Å². The monoisotopic (exact) mass is 403 g/mol. The fourth-order valence-corrected chi connectivity index (χ4v) is 8.88. The molecule has 0 heterocycles. The number of fused-ring (bicyclic) bond motifs is 1. The summed E-state index contributed by atoms with van der Waals surface area (Å²) in [5.41, 5.74) is 7.77. The summed E-state index contributed by atoms with van der Waals surface area (Å²) < 4.78 is 0. The van der Waals surface area contributed by atoms with Gasteiger partial charge in [0.15, 0.2) is 0 Å². The maximum Gasteiger partial charge on any atom is 0.131 e. The summed E-state index contributed by atoms with van der Waals surface area (Å²) in [7, 11) is -1.66. The summed E-state index contributed by atoms with van der Waals surface area (Å²) in [6, 6.07) is 17.6. The van der Waals surface area contributed by atoms with Crippen molar-refractivity contribution < 1.29 is 0 Å². The van der Waals surface area contributed by atoms with E-state index in [4.69, 9.17) is 0 Å². The molecule has 1 nitrogen and oxygen atoms in total. The number of hydrogen-bond acceptors (Lipinski definition) is 1. The quantitative estimate of drug-likeness (QED) is 0.407. The zero-order valence-corrected chi connectivity index (χ0v) is 20.2. The Morgan fingerprint density at radius 2 is 1.66 bits per heavy atom. The number of benzene rings is 2. The lowest BCUT2D eigenvalue weighted by Gasteiger charge is -2.39. The standard InChI is InChI=1S/C22H29NSi.C5H8/c1-16-15-20-18(17-11-8-7-9-12-17)13-10-14-19(20)21(16)24(5,6)23-22(2,3)4;1-3-5-4-2/h7-15,21,23H,1-6H3;3-5H,1H2,2H3. The van der Waals surface area contributed by atoms with Gasteiger partial charge in [0.25, 0.3) is 0 Å². The van der Waals surface area contributed by atoms with Gasteiger partial charge in [-0.2, -0.15) is 0 Å². The van der Waals surface area contributed by atoms with Crippen molar-refractivity contribution in [2.75, 3.05) is 0 Å². The van der Waals surface area contributed by atoms with Crippen LogP contribution in [0.4, 0.5) is 0 Å². The Morgan fingerprint density at radius 1 is 1.00 bits per heavy atom. The molecule has 1 unspecified atom stereocenters. The van der Waals surface area contributed by atoms with Crippen LogP contribution in [0.15, 0.2) is 78.9 Å². The predicted octanol–water partition coefficient (Wildman–Crippen LogP) is 7.74. The maximum atomic E-state index is 3.97. The number of nitrogens with one attached hydrogen (secondary N) is 1. The third-order valence-electron chi connectivity index (χ3n) is 5.11. The first-order valence-electron chi connectivity index (χ1n) is 10.5. The van der Waals surface area contributed by atoms with E-state index in [0.29, 0.717) is 5.54 Å². The van der Waals surface area contributed by atoms with Crippen molar-refractivity contribution in [3.05, 3.63) is 90.0 Å². The van der Waals surface area contributed by atoms with Crippen LogP contribution in [0.5, 0.6) is 0 Å². The van der Waals surface area contributed by atoms with Gasteiger partial charge >= 0.3 is 0 Å². The van der Waals surface area contributed by atoms with Gasteiger partial charge in [0.2, 0.25) is 0 Å². The summed E-state index contributed by atoms with van der Waals surface area (Å²) in [5, 5.41) is 0. The maximum absolute atomic E-state index is 3.97. The first-order chi connectivity index (χ1) is 13.6. The number of allylic oxidation sites excluding steroid dienone is 4. The molecule has 0 radical (unpaired) electrons. The first-order valence-corrected chi connectivity index (χ1v) is 13.6. The molecule has 3 rings (SSSR count). The van der Waals surface area contributed by atoms with E-state index in [2.05, 4.69) is 107 Å². The molecule has 1 aliphatic carbocycles. The molecule has 29 heavy (non-hydrogen) atoms. The zero-order valence-electron chi connectivity index (χ0n) is 19.2. The molecule has 1 atom stereocenters. The van der Waals surface area contributed by atoms with Crippen molar-refractivity contribution in [3.8, 4) is 11.1 Å². The summed E-state index contributed by atoms with van der Waals surface area (Å²) >= 11 is 0. The van der Waals surface area contributed by atoms with Crippen LogP contribution in [0, 0.1) is 0 Å². The fourth-order valence-electron chi connectivity index (χ4n) is 4.55. The van der Waals surface area contributed by atoms with E-state index in [1.807, 2.05) is 19.1 Å². The molecule has 2 aromatic carbocycles. The lowest BCUT2D eigenvalue weighted by atomic mass is 9.97. The molecule has 0 bridgehead atoms. The third kappa shape index (κ3) is 5.91. The minimum Gasteiger partial charge on any atom is -0.332 e. The highest BCUT2D eigenvalue weighted by molar-refractivity contribution is 6.77. The molecule has 2 aromatic rings. The van der Waals surface area contributed by atoms with E-state index < -0.39 is 8.24 Å². The van der Waals surface area contributed by atoms with Crippen LogP contribution in [0.25, 0.3) is 17.2 Å². The minimum atomic E-state index is -1.66.